The van der Waals surface area contributed by atoms with E-state index in [0.29, 0.717) is 41.3 Å². The molecule has 0 radical (unpaired) electrons. The maximum absolute atomic E-state index is 13.1. The first-order valence-electron chi connectivity index (χ1n) is 17.4. The summed E-state index contributed by atoms with van der Waals surface area (Å²) in [5.41, 5.74) is 4.69. The number of aromatic nitrogens is 6. The summed E-state index contributed by atoms with van der Waals surface area (Å²) in [6.45, 7) is 3.67. The molecular formula is C36H41ClN8O11. The van der Waals surface area contributed by atoms with Gasteiger partial charge in [-0.15, -0.1) is 15.0 Å². The van der Waals surface area contributed by atoms with Gasteiger partial charge in [0.05, 0.1) is 30.6 Å². The molecule has 56 heavy (non-hydrogen) atoms. The summed E-state index contributed by atoms with van der Waals surface area (Å²) >= 11 is 6.46. The molecule has 5 aromatic rings. The average molecular weight is 797 g/mol. The molecule has 19 nitrogen and oxygen atoms in total. The number of imidazole rings is 1. The summed E-state index contributed by atoms with van der Waals surface area (Å²) in [7, 11) is 0. The van der Waals surface area contributed by atoms with Crippen LogP contribution >= 0.6 is 11.6 Å². The van der Waals surface area contributed by atoms with Gasteiger partial charge in [-0.2, -0.15) is 0 Å². The van der Waals surface area contributed by atoms with Crippen LogP contribution in [0.3, 0.4) is 0 Å². The number of esters is 1. The van der Waals surface area contributed by atoms with Gasteiger partial charge in [0, 0.05) is 24.9 Å². The molecule has 0 amide bonds. The molecule has 0 spiro atoms. The third kappa shape index (κ3) is 11.8. The minimum absolute atomic E-state index is 0.0346. The van der Waals surface area contributed by atoms with Crippen LogP contribution in [0, 0.1) is 0 Å². The molecule has 0 saturated heterocycles. The maximum atomic E-state index is 13.1. The van der Waals surface area contributed by atoms with E-state index < -0.39 is 23.7 Å². The number of benzene rings is 3. The topological polar surface area (TPSA) is 229 Å². The predicted molar refractivity (Wildman–Crippen MR) is 193 cm³/mol. The number of nitrogens with zero attached hydrogens (tertiary/aromatic N) is 8. The molecule has 2 heterocycles. The Bertz CT molecular complexity index is 2020. The van der Waals surface area contributed by atoms with Crippen LogP contribution in [0.25, 0.3) is 22.5 Å². The van der Waals surface area contributed by atoms with Crippen LogP contribution in [0.5, 0.6) is 0 Å². The summed E-state index contributed by atoms with van der Waals surface area (Å²) in [5.74, 6) is 0.293. The van der Waals surface area contributed by atoms with Crippen molar-refractivity contribution in [2.24, 2.45) is 0 Å². The quantitative estimate of drug-likeness (QED) is 0.0391. The molecule has 0 saturated carbocycles. The lowest BCUT2D eigenvalue weighted by Gasteiger charge is -2.13. The number of ether oxygens (including phenoxy) is 3. The first-order chi connectivity index (χ1) is 27.0. The minimum Gasteiger partial charge on any atom is -0.461 e. The summed E-state index contributed by atoms with van der Waals surface area (Å²) < 4.78 is 17.7. The van der Waals surface area contributed by atoms with Gasteiger partial charge in [-0.1, -0.05) is 97.7 Å². The first-order valence-corrected chi connectivity index (χ1v) is 17.8. The van der Waals surface area contributed by atoms with Gasteiger partial charge in [0.2, 0.25) is 12.1 Å². The van der Waals surface area contributed by atoms with Crippen LogP contribution in [0.15, 0.2) is 72.8 Å². The third-order valence-corrected chi connectivity index (χ3v) is 8.46. The monoisotopic (exact) mass is 796 g/mol. The number of carbonyl (C=O) groups is 2. The van der Waals surface area contributed by atoms with Crippen LogP contribution in [-0.4, -0.2) is 86.7 Å². The van der Waals surface area contributed by atoms with Crippen molar-refractivity contribution in [2.45, 2.75) is 65.5 Å². The lowest BCUT2D eigenvalue weighted by molar-refractivity contribution is -0.497. The SMILES string of the molecule is CCCCc1nc(Cl)c(C(=O)OCCCON(O)O)n1Cc1ccc(-c2ccccc2-c2nnn(C(C)OC(=O)OCc3ccc(CON(O)O)cc3)n2)cc1. The number of unbranched alkanes of at least 4 members (excludes halogenated alkanes) is 1. The van der Waals surface area contributed by atoms with Gasteiger partial charge >= 0.3 is 12.1 Å². The van der Waals surface area contributed by atoms with Gasteiger partial charge in [-0.25, -0.2) is 19.4 Å². The van der Waals surface area contributed by atoms with Crippen molar-refractivity contribution in [1.82, 2.24) is 40.5 Å². The van der Waals surface area contributed by atoms with Gasteiger partial charge < -0.3 is 18.8 Å². The molecule has 4 N–H and O–H groups in total. The highest BCUT2D eigenvalue weighted by Gasteiger charge is 2.24. The Kier molecular flexibility index (Phi) is 15.3. The second-order valence-corrected chi connectivity index (χ2v) is 12.6. The first kappa shape index (κ1) is 41.8. The van der Waals surface area contributed by atoms with Crippen molar-refractivity contribution in [2.75, 3.05) is 13.2 Å². The lowest BCUT2D eigenvalue weighted by atomic mass is 9.98. The number of halogens is 1. The van der Waals surface area contributed by atoms with Crippen LogP contribution in [-0.2, 0) is 50.1 Å². The second kappa shape index (κ2) is 20.5. The number of hydrogen-bond donors (Lipinski definition) is 4. The normalized spacial score (nSPS) is 11.9. The molecule has 298 valence electrons. The fourth-order valence-corrected chi connectivity index (χ4v) is 5.69. The summed E-state index contributed by atoms with van der Waals surface area (Å²) in [5, 5.41) is 46.7. The Morgan fingerprint density at radius 1 is 0.821 bits per heavy atom. The van der Waals surface area contributed by atoms with Crippen LogP contribution < -0.4 is 0 Å². The lowest BCUT2D eigenvalue weighted by Crippen LogP contribution is -2.18. The summed E-state index contributed by atoms with van der Waals surface area (Å²) in [4.78, 5) is 40.2. The fraction of sp³-hybridized carbons (Fsp3) is 0.333. The molecule has 0 aliphatic carbocycles. The van der Waals surface area contributed by atoms with Gasteiger partial charge in [-0.05, 0) is 46.4 Å². The summed E-state index contributed by atoms with van der Waals surface area (Å²) in [6, 6.07) is 22.0. The van der Waals surface area contributed by atoms with Gasteiger partial charge in [0.1, 0.15) is 12.4 Å². The highest BCUT2D eigenvalue weighted by molar-refractivity contribution is 6.32. The van der Waals surface area contributed by atoms with E-state index in [4.69, 9.17) is 46.6 Å². The molecule has 20 heteroatoms. The van der Waals surface area contributed by atoms with Crippen LogP contribution in [0.1, 0.15) is 72.3 Å². The van der Waals surface area contributed by atoms with Crippen molar-refractivity contribution in [3.05, 3.63) is 106 Å². The fourth-order valence-electron chi connectivity index (χ4n) is 5.41. The highest BCUT2D eigenvalue weighted by Crippen LogP contribution is 2.31. The molecular weight excluding hydrogens is 756 g/mol. The van der Waals surface area contributed by atoms with Gasteiger partial charge in [-0.3, -0.25) is 25.7 Å². The van der Waals surface area contributed by atoms with Gasteiger partial charge in [0.15, 0.2) is 10.8 Å². The van der Waals surface area contributed by atoms with E-state index >= 15 is 0 Å². The van der Waals surface area contributed by atoms with E-state index in [1.807, 2.05) is 48.5 Å². The average Bonchev–Trinajstić information content (AvgIpc) is 3.80. The Hall–Kier alpha value is -5.35. The zero-order valence-corrected chi connectivity index (χ0v) is 31.2. The van der Waals surface area contributed by atoms with Crippen molar-refractivity contribution < 1.29 is 54.3 Å². The second-order valence-electron chi connectivity index (χ2n) is 12.2. The highest BCUT2D eigenvalue weighted by atomic mass is 35.5. The third-order valence-electron chi connectivity index (χ3n) is 8.20. The van der Waals surface area contributed by atoms with Crippen molar-refractivity contribution in [3.8, 4) is 22.5 Å². The molecule has 0 fully saturated rings. The van der Waals surface area contributed by atoms with Crippen molar-refractivity contribution in [1.29, 1.82) is 0 Å². The van der Waals surface area contributed by atoms with Crippen LogP contribution in [0.4, 0.5) is 4.79 Å². The van der Waals surface area contributed by atoms with Crippen molar-refractivity contribution in [3.63, 3.8) is 0 Å². The minimum atomic E-state index is -0.941. The zero-order chi connectivity index (χ0) is 40.0. The number of rotatable bonds is 20. The Morgan fingerprint density at radius 2 is 1.48 bits per heavy atom. The van der Waals surface area contributed by atoms with Crippen LogP contribution in [0.2, 0.25) is 5.15 Å². The maximum Gasteiger partial charge on any atom is 0.510 e. The van der Waals surface area contributed by atoms with E-state index in [1.165, 1.54) is 0 Å². The van der Waals surface area contributed by atoms with E-state index in [2.05, 4.69) is 37.0 Å². The summed E-state index contributed by atoms with van der Waals surface area (Å²) in [6.07, 6.45) is 0.694. The molecule has 3 aromatic carbocycles. The Labute approximate surface area is 325 Å². The molecule has 0 aliphatic heterocycles. The Balaban J connectivity index is 1.23. The predicted octanol–water partition coefficient (Wildman–Crippen LogP) is 6.19. The molecule has 1 atom stereocenters. The largest absolute Gasteiger partial charge is 0.510 e. The smallest absolute Gasteiger partial charge is 0.461 e. The standard InChI is InChI=1S/C36H41ClN8O11/c1-3-4-10-31-38-33(37)32(35(46)52-19-7-20-54-44(48)49)42(31)21-25-15-17-28(18-16-25)29-8-5-6-9-30(29)34-39-41-43(40-34)24(2)56-36(47)53-22-26-11-13-27(14-12-26)23-55-45(50)51/h5-6,8-9,11-18,24,48-51H,3-4,7,10,19-23H2,1-2H3. The molecule has 1 unspecified atom stereocenters. The van der Waals surface area contributed by atoms with E-state index in [1.54, 1.807) is 35.8 Å². The van der Waals surface area contributed by atoms with E-state index in [-0.39, 0.29) is 49.1 Å². The van der Waals surface area contributed by atoms with E-state index in [0.717, 1.165) is 34.3 Å². The number of hydrogen-bond acceptors (Lipinski definition) is 17. The molecule has 0 aliphatic rings. The number of aryl methyl sites for hydroxylation is 1. The van der Waals surface area contributed by atoms with Gasteiger partial charge in [0.25, 0.3) is 0 Å². The molecule has 2 aromatic heterocycles. The number of tetrazole rings is 1. The Morgan fingerprint density at radius 3 is 2.16 bits per heavy atom. The number of carbonyl (C=O) groups excluding carboxylic acids is 2. The molecule has 5 rings (SSSR count). The zero-order valence-electron chi connectivity index (χ0n) is 30.5. The van der Waals surface area contributed by atoms with E-state index in [9.17, 15) is 9.59 Å². The molecule has 0 bridgehead atoms. The van der Waals surface area contributed by atoms with Crippen molar-refractivity contribution >= 4 is 23.7 Å².